The van der Waals surface area contributed by atoms with Crippen molar-refractivity contribution in [2.45, 2.75) is 75.1 Å². The minimum Gasteiger partial charge on any atom is -0.461 e. The van der Waals surface area contributed by atoms with E-state index in [0.717, 1.165) is 65.3 Å². The molecule has 2 saturated carbocycles. The van der Waals surface area contributed by atoms with Gasteiger partial charge >= 0.3 is 18.4 Å². The van der Waals surface area contributed by atoms with Crippen molar-refractivity contribution in [1.82, 2.24) is 24.9 Å². The predicted molar refractivity (Wildman–Crippen MR) is 260 cm³/mol. The minimum atomic E-state index is -4.72. The van der Waals surface area contributed by atoms with Gasteiger partial charge in [-0.2, -0.15) is 36.3 Å². The third kappa shape index (κ3) is 10.2. The number of carbonyl (C=O) groups excluding carboxylic acids is 2. The number of nitrogens with one attached hydrogen (secondary N) is 2. The summed E-state index contributed by atoms with van der Waals surface area (Å²) in [6.07, 6.45) is -5.68. The molecule has 5 unspecified atom stereocenters. The quantitative estimate of drug-likeness (QED) is 0.0695. The molecular weight excluding hydrogens is 987 g/mol. The Morgan fingerprint density at radius 1 is 0.720 bits per heavy atom. The number of rotatable bonds is 14. The van der Waals surface area contributed by atoms with Gasteiger partial charge in [-0.1, -0.05) is 12.1 Å². The van der Waals surface area contributed by atoms with E-state index in [1.54, 1.807) is 30.3 Å². The summed E-state index contributed by atoms with van der Waals surface area (Å²) in [7, 11) is 0. The maximum Gasteiger partial charge on any atom is 0.433 e. The first-order valence-electron chi connectivity index (χ1n) is 24.5. The van der Waals surface area contributed by atoms with Gasteiger partial charge in [-0.3, -0.25) is 19.6 Å². The number of fused-ring (bicyclic) bond motifs is 2. The second-order valence-corrected chi connectivity index (χ2v) is 20.0. The van der Waals surface area contributed by atoms with Gasteiger partial charge in [-0.15, -0.1) is 0 Å². The van der Waals surface area contributed by atoms with Crippen LogP contribution in [0.2, 0.25) is 0 Å². The number of anilines is 3. The Hall–Kier alpha value is -7.07. The number of ether oxygens (including phenoxy) is 4. The first-order chi connectivity index (χ1) is 35.8. The molecule has 2 aliphatic carbocycles. The lowest BCUT2D eigenvalue weighted by molar-refractivity contribution is -0.172. The minimum absolute atomic E-state index is 0.0750. The lowest BCUT2D eigenvalue weighted by Gasteiger charge is -2.38. The van der Waals surface area contributed by atoms with Crippen LogP contribution in [0.25, 0.3) is 22.4 Å². The van der Waals surface area contributed by atoms with Crippen LogP contribution in [0.15, 0.2) is 91.3 Å². The highest BCUT2D eigenvalue weighted by Gasteiger charge is 2.61. The van der Waals surface area contributed by atoms with Gasteiger partial charge in [0.15, 0.2) is 6.29 Å². The normalized spacial score (nSPS) is 23.1. The van der Waals surface area contributed by atoms with Crippen molar-refractivity contribution >= 4 is 29.0 Å². The Bertz CT molecular complexity index is 3210. The highest BCUT2D eigenvalue weighted by molar-refractivity contribution is 6.05. The van der Waals surface area contributed by atoms with Gasteiger partial charge in [0.1, 0.15) is 23.8 Å². The Morgan fingerprint density at radius 2 is 1.33 bits per heavy atom. The molecule has 3 saturated heterocycles. The fourth-order valence-electron chi connectivity index (χ4n) is 10.6. The number of aliphatic hydroxyl groups excluding tert-OH is 1. The van der Waals surface area contributed by atoms with E-state index in [0.29, 0.717) is 79.9 Å². The Morgan fingerprint density at radius 3 is 1.97 bits per heavy atom. The second kappa shape index (κ2) is 19.3. The van der Waals surface area contributed by atoms with Gasteiger partial charge in [0, 0.05) is 77.4 Å². The molecule has 3 N–H and O–H groups in total. The van der Waals surface area contributed by atoms with Crippen molar-refractivity contribution in [3.8, 4) is 28.4 Å². The van der Waals surface area contributed by atoms with E-state index in [1.165, 1.54) is 12.1 Å². The number of aliphatic hydroxyl groups is 1. The zero-order valence-electron chi connectivity index (χ0n) is 40.6. The third-order valence-corrected chi connectivity index (χ3v) is 15.0. The molecule has 4 aromatic heterocycles. The van der Waals surface area contributed by atoms with Gasteiger partial charge in [0.25, 0.3) is 11.8 Å². The summed E-state index contributed by atoms with van der Waals surface area (Å²) in [5.74, 6) is -0.333. The average Bonchev–Trinajstić information content (AvgIpc) is 4.34. The number of amides is 2. The molecule has 11 rings (SSSR count). The molecule has 5 fully saturated rings. The summed E-state index contributed by atoms with van der Waals surface area (Å²) in [6.45, 7) is 6.45. The van der Waals surface area contributed by atoms with E-state index in [4.69, 9.17) is 33.9 Å². The largest absolute Gasteiger partial charge is 0.461 e. The molecule has 6 aromatic rings. The van der Waals surface area contributed by atoms with Gasteiger partial charge < -0.3 is 39.6 Å². The van der Waals surface area contributed by atoms with E-state index < -0.39 is 47.9 Å². The molecule has 7 heterocycles. The lowest BCUT2D eigenvalue weighted by atomic mass is 9.89. The van der Waals surface area contributed by atoms with Crippen molar-refractivity contribution in [2.24, 2.45) is 11.8 Å². The number of benzene rings is 2. The first-order valence-corrected chi connectivity index (χ1v) is 24.5. The van der Waals surface area contributed by atoms with E-state index in [1.807, 2.05) is 43.0 Å². The Labute approximate surface area is 426 Å². The van der Waals surface area contributed by atoms with Gasteiger partial charge in [0.05, 0.1) is 43.0 Å². The fourth-order valence-corrected chi connectivity index (χ4v) is 10.6. The fraction of sp³-hybridized carbons (Fsp3) is 0.389. The number of hydrogen-bond acceptors (Lipinski definition) is 13. The second-order valence-electron chi connectivity index (χ2n) is 20.0. The van der Waals surface area contributed by atoms with E-state index in [2.05, 4.69) is 20.6 Å². The average molecular weight is 1040 g/mol. The van der Waals surface area contributed by atoms with E-state index in [9.17, 15) is 41.0 Å². The SMILES string of the molecule is Cc1ccc(NC(=O)c2ccnc(C(F)(F)F)c2)cc1-c1cc(N2CC(O)C2)nc(C23CC(OCCOc4nc(-c5cc(NC(=O)c6ccnc(C(F)(F)F)c6)ccc5C)cc(C56CCOCC5C6)n4)OCC2C3)c1. The molecule has 0 spiro atoms. The highest BCUT2D eigenvalue weighted by Crippen LogP contribution is 2.61. The maximum atomic E-state index is 13.4. The molecule has 5 atom stereocenters. The molecule has 21 heteroatoms. The van der Waals surface area contributed by atoms with Gasteiger partial charge in [0.2, 0.25) is 0 Å². The molecule has 2 amide bonds. The number of carbonyl (C=O) groups is 2. The van der Waals surface area contributed by atoms with Crippen LogP contribution < -0.4 is 20.3 Å². The molecular formula is C54H50F6N8O7. The van der Waals surface area contributed by atoms with Crippen LogP contribution in [0.3, 0.4) is 0 Å². The van der Waals surface area contributed by atoms with Crippen molar-refractivity contribution in [1.29, 1.82) is 0 Å². The van der Waals surface area contributed by atoms with Gasteiger partial charge in [-0.05, 0) is 134 Å². The van der Waals surface area contributed by atoms with Crippen LogP contribution in [-0.4, -0.2) is 100 Å². The van der Waals surface area contributed by atoms with Gasteiger partial charge in [-0.25, -0.2) is 4.98 Å². The van der Waals surface area contributed by atoms with Crippen LogP contribution in [0.1, 0.15) is 80.3 Å². The summed E-state index contributed by atoms with van der Waals surface area (Å²) < 4.78 is 105. The topological polar surface area (TPSA) is 183 Å². The first kappa shape index (κ1) is 50.1. The number of aryl methyl sites for hydroxylation is 2. The highest BCUT2D eigenvalue weighted by atomic mass is 19.4. The number of alkyl halides is 6. The van der Waals surface area contributed by atoms with Crippen molar-refractivity contribution in [2.75, 3.05) is 61.7 Å². The molecule has 3 aliphatic heterocycles. The monoisotopic (exact) mass is 1040 g/mol. The number of aromatic nitrogens is 5. The van der Waals surface area contributed by atoms with Crippen LogP contribution in [0.4, 0.5) is 43.5 Å². The molecule has 0 radical (unpaired) electrons. The van der Waals surface area contributed by atoms with E-state index >= 15 is 0 Å². The van der Waals surface area contributed by atoms with Crippen LogP contribution >= 0.6 is 0 Å². The number of halogens is 6. The lowest BCUT2D eigenvalue weighted by Crippen LogP contribution is -2.51. The standard InChI is InChI=1S/C54H50F6N8O7/c1-29-3-5-36(63-48(70)31-7-10-61-44(15-31)53(55,56)57)19-39(29)33-17-42(66-46(18-33)68-25-38(69)26-68)52-23-35(52)28-75-47(24-52)73-13-14-74-50-65-41(21-43(67-50)51-9-12-72-27-34(51)22-51)40-20-37(6-4-30(40)2)64-49(71)32-8-11-62-45(16-32)54(58,59)60/h3-8,10-11,15-21,34-35,38,47,69H,9,12-14,22-28H2,1-2H3,(H,63,70)(H,64,71). The smallest absolute Gasteiger partial charge is 0.433 e. The van der Waals surface area contributed by atoms with Crippen molar-refractivity contribution < 1.29 is 60.0 Å². The maximum absolute atomic E-state index is 13.4. The zero-order valence-corrected chi connectivity index (χ0v) is 40.6. The summed E-state index contributed by atoms with van der Waals surface area (Å²) in [4.78, 5) is 49.9. The summed E-state index contributed by atoms with van der Waals surface area (Å²) in [6, 6.07) is 20.3. The number of nitrogens with zero attached hydrogens (tertiary/aromatic N) is 6. The molecule has 75 heavy (non-hydrogen) atoms. The van der Waals surface area contributed by atoms with Crippen LogP contribution in [0.5, 0.6) is 6.01 Å². The predicted octanol–water partition coefficient (Wildman–Crippen LogP) is 9.11. The molecule has 5 aliphatic rings. The number of pyridine rings is 3. The third-order valence-electron chi connectivity index (χ3n) is 15.0. The zero-order chi connectivity index (χ0) is 52.4. The summed E-state index contributed by atoms with van der Waals surface area (Å²) in [5.41, 5.74) is 3.53. The molecule has 0 bridgehead atoms. The van der Waals surface area contributed by atoms with Crippen LogP contribution in [-0.2, 0) is 37.4 Å². The van der Waals surface area contributed by atoms with Crippen molar-refractivity contribution in [3.63, 3.8) is 0 Å². The number of hydrogen-bond donors (Lipinski definition) is 3. The van der Waals surface area contributed by atoms with Crippen LogP contribution in [0, 0.1) is 25.7 Å². The Kier molecular flexibility index (Phi) is 12.9. The molecule has 15 nitrogen and oxygen atoms in total. The Balaban J connectivity index is 0.796. The molecule has 390 valence electrons. The summed E-state index contributed by atoms with van der Waals surface area (Å²) >= 11 is 0. The van der Waals surface area contributed by atoms with E-state index in [-0.39, 0.29) is 53.0 Å². The summed E-state index contributed by atoms with van der Waals surface area (Å²) in [5, 5.41) is 15.7. The molecule has 2 aromatic carbocycles. The number of β-amino-alcohol motifs (C(OH)–C–C–N with tert-alkyl or cyclic N) is 1. The van der Waals surface area contributed by atoms with Crippen molar-refractivity contribution in [3.05, 3.63) is 136 Å².